The molecule has 1 aromatic rings. The zero-order valence-corrected chi connectivity index (χ0v) is 17.0. The standard InChI is InChI=1S/C19H26N2O6S/c1-26-19(23)16-7-5-11-21(16)18(22)15-6-3-4-8-17(15)27-14-9-12-20(13-10-14)28(2,24)25/h3-4,6,8,14,16H,5,7,9-13H2,1-2H3/t16-/m0/s1. The van der Waals surface area contributed by atoms with Crippen LogP contribution in [0.5, 0.6) is 5.75 Å². The highest BCUT2D eigenvalue weighted by Crippen LogP contribution is 2.28. The number of carbonyl (C=O) groups excluding carboxylic acids is 2. The lowest BCUT2D eigenvalue weighted by molar-refractivity contribution is -0.145. The average Bonchev–Trinajstić information content (AvgIpc) is 3.17. The Morgan fingerprint density at radius 1 is 1.07 bits per heavy atom. The number of ether oxygens (including phenoxy) is 2. The first-order chi connectivity index (χ1) is 13.3. The molecule has 2 heterocycles. The Labute approximate surface area is 165 Å². The van der Waals surface area contributed by atoms with E-state index in [1.165, 1.54) is 17.7 Å². The molecule has 0 aromatic heterocycles. The van der Waals surface area contributed by atoms with Gasteiger partial charge in [-0.25, -0.2) is 17.5 Å². The minimum atomic E-state index is -3.20. The lowest BCUT2D eigenvalue weighted by Crippen LogP contribution is -2.42. The molecule has 154 valence electrons. The summed E-state index contributed by atoms with van der Waals surface area (Å²) in [5.74, 6) is -0.199. The highest BCUT2D eigenvalue weighted by atomic mass is 32.2. The highest BCUT2D eigenvalue weighted by molar-refractivity contribution is 7.88. The molecule has 1 aromatic carbocycles. The summed E-state index contributed by atoms with van der Waals surface area (Å²) < 4.78 is 35.6. The van der Waals surface area contributed by atoms with Crippen molar-refractivity contribution in [2.45, 2.75) is 37.8 Å². The van der Waals surface area contributed by atoms with Crippen LogP contribution in [0.1, 0.15) is 36.0 Å². The Morgan fingerprint density at radius 3 is 2.39 bits per heavy atom. The van der Waals surface area contributed by atoms with E-state index in [2.05, 4.69) is 0 Å². The quantitative estimate of drug-likeness (QED) is 0.679. The molecular weight excluding hydrogens is 384 g/mol. The molecule has 8 nitrogen and oxygen atoms in total. The van der Waals surface area contributed by atoms with Crippen molar-refractivity contribution in [1.29, 1.82) is 0 Å². The maximum absolute atomic E-state index is 13.1. The first-order valence-electron chi connectivity index (χ1n) is 9.41. The summed E-state index contributed by atoms with van der Waals surface area (Å²) in [5, 5.41) is 0. The van der Waals surface area contributed by atoms with E-state index in [9.17, 15) is 18.0 Å². The third-order valence-electron chi connectivity index (χ3n) is 5.27. The number of hydrogen-bond acceptors (Lipinski definition) is 6. The Morgan fingerprint density at radius 2 is 1.75 bits per heavy atom. The minimum Gasteiger partial charge on any atom is -0.489 e. The van der Waals surface area contributed by atoms with Crippen LogP contribution in [0, 0.1) is 0 Å². The number of hydrogen-bond donors (Lipinski definition) is 0. The summed E-state index contributed by atoms with van der Waals surface area (Å²) in [6.45, 7) is 1.30. The second-order valence-electron chi connectivity index (χ2n) is 7.16. The first kappa shape index (κ1) is 20.6. The van der Waals surface area contributed by atoms with Crippen LogP contribution in [0.2, 0.25) is 0 Å². The zero-order valence-electron chi connectivity index (χ0n) is 16.2. The van der Waals surface area contributed by atoms with E-state index in [0.717, 1.165) is 6.42 Å². The van der Waals surface area contributed by atoms with Gasteiger partial charge in [-0.2, -0.15) is 0 Å². The number of esters is 1. The van der Waals surface area contributed by atoms with Gasteiger partial charge in [-0.1, -0.05) is 12.1 Å². The van der Waals surface area contributed by atoms with E-state index in [1.807, 2.05) is 0 Å². The van der Waals surface area contributed by atoms with Gasteiger partial charge in [0.25, 0.3) is 5.91 Å². The minimum absolute atomic E-state index is 0.165. The molecule has 2 aliphatic heterocycles. The monoisotopic (exact) mass is 410 g/mol. The maximum atomic E-state index is 13.1. The lowest BCUT2D eigenvalue weighted by atomic mass is 10.1. The Balaban J connectivity index is 1.72. The van der Waals surface area contributed by atoms with Gasteiger partial charge in [0.2, 0.25) is 10.0 Å². The summed E-state index contributed by atoms with van der Waals surface area (Å²) in [6, 6.07) is 6.41. The smallest absolute Gasteiger partial charge is 0.328 e. The normalized spacial score (nSPS) is 21.5. The van der Waals surface area contributed by atoms with Gasteiger partial charge in [0.1, 0.15) is 17.9 Å². The Bertz CT molecular complexity index is 833. The number of para-hydroxylation sites is 1. The molecule has 2 saturated heterocycles. The average molecular weight is 410 g/mol. The van der Waals surface area contributed by atoms with Gasteiger partial charge in [-0.3, -0.25) is 4.79 Å². The zero-order chi connectivity index (χ0) is 20.3. The van der Waals surface area contributed by atoms with E-state index in [-0.39, 0.29) is 12.0 Å². The van der Waals surface area contributed by atoms with Gasteiger partial charge in [0.05, 0.1) is 18.9 Å². The molecule has 1 amide bonds. The van der Waals surface area contributed by atoms with Crippen LogP contribution >= 0.6 is 0 Å². The number of likely N-dealkylation sites (tertiary alicyclic amines) is 1. The number of benzene rings is 1. The number of sulfonamides is 1. The van der Waals surface area contributed by atoms with Crippen LogP contribution in [-0.2, 0) is 19.6 Å². The Hall–Kier alpha value is -2.13. The van der Waals surface area contributed by atoms with E-state index in [4.69, 9.17) is 9.47 Å². The largest absolute Gasteiger partial charge is 0.489 e. The molecule has 0 aliphatic carbocycles. The third-order valence-corrected chi connectivity index (χ3v) is 6.57. The van der Waals surface area contributed by atoms with Crippen molar-refractivity contribution in [3.05, 3.63) is 29.8 Å². The molecule has 0 radical (unpaired) electrons. The summed E-state index contributed by atoms with van der Waals surface area (Å²) in [5.41, 5.74) is 0.406. The highest BCUT2D eigenvalue weighted by Gasteiger charge is 2.36. The Kier molecular flexibility index (Phi) is 6.24. The lowest BCUT2D eigenvalue weighted by Gasteiger charge is -2.31. The molecule has 0 bridgehead atoms. The van der Waals surface area contributed by atoms with Crippen molar-refractivity contribution in [3.8, 4) is 5.75 Å². The van der Waals surface area contributed by atoms with Crippen LogP contribution < -0.4 is 4.74 Å². The predicted molar refractivity (Wildman–Crippen MR) is 103 cm³/mol. The molecule has 0 N–H and O–H groups in total. The van der Waals surface area contributed by atoms with Crippen molar-refractivity contribution >= 4 is 21.9 Å². The molecule has 0 spiro atoms. The van der Waals surface area contributed by atoms with Gasteiger partial charge < -0.3 is 14.4 Å². The second kappa shape index (κ2) is 8.48. The maximum Gasteiger partial charge on any atom is 0.328 e. The molecule has 2 fully saturated rings. The molecule has 1 atom stereocenters. The molecule has 0 unspecified atom stereocenters. The SMILES string of the molecule is COC(=O)[C@@H]1CCCN1C(=O)c1ccccc1OC1CCN(S(C)(=O)=O)CC1. The number of amides is 1. The van der Waals surface area contributed by atoms with E-state index < -0.39 is 22.0 Å². The van der Waals surface area contributed by atoms with Crippen molar-refractivity contribution < 1.29 is 27.5 Å². The van der Waals surface area contributed by atoms with Crippen molar-refractivity contribution in [2.75, 3.05) is 33.0 Å². The molecule has 9 heteroatoms. The van der Waals surface area contributed by atoms with Crippen LogP contribution in [0.25, 0.3) is 0 Å². The molecular formula is C19H26N2O6S. The molecule has 3 rings (SSSR count). The summed E-state index contributed by atoms with van der Waals surface area (Å²) in [7, 11) is -1.88. The first-order valence-corrected chi connectivity index (χ1v) is 11.3. The van der Waals surface area contributed by atoms with Crippen LogP contribution in [0.4, 0.5) is 0 Å². The molecule has 2 aliphatic rings. The van der Waals surface area contributed by atoms with Gasteiger partial charge in [0.15, 0.2) is 0 Å². The number of piperidine rings is 1. The fraction of sp³-hybridized carbons (Fsp3) is 0.579. The van der Waals surface area contributed by atoms with Gasteiger partial charge in [-0.05, 0) is 37.8 Å². The van der Waals surface area contributed by atoms with Crippen LogP contribution in [0.15, 0.2) is 24.3 Å². The van der Waals surface area contributed by atoms with E-state index in [1.54, 1.807) is 29.2 Å². The van der Waals surface area contributed by atoms with Gasteiger partial charge in [-0.15, -0.1) is 0 Å². The molecule has 0 saturated carbocycles. The van der Waals surface area contributed by atoms with Crippen LogP contribution in [-0.4, -0.2) is 74.6 Å². The fourth-order valence-electron chi connectivity index (χ4n) is 3.75. The van der Waals surface area contributed by atoms with E-state index in [0.29, 0.717) is 50.2 Å². The predicted octanol–water partition coefficient (Wildman–Crippen LogP) is 1.27. The summed E-state index contributed by atoms with van der Waals surface area (Å²) >= 11 is 0. The van der Waals surface area contributed by atoms with Crippen molar-refractivity contribution in [3.63, 3.8) is 0 Å². The number of rotatable bonds is 5. The molecule has 28 heavy (non-hydrogen) atoms. The van der Waals surface area contributed by atoms with Crippen LogP contribution in [0.3, 0.4) is 0 Å². The summed E-state index contributed by atoms with van der Waals surface area (Å²) in [6.07, 6.45) is 3.50. The number of nitrogens with zero attached hydrogens (tertiary/aromatic N) is 2. The fourth-order valence-corrected chi connectivity index (χ4v) is 4.63. The number of methoxy groups -OCH3 is 1. The topological polar surface area (TPSA) is 93.2 Å². The van der Waals surface area contributed by atoms with E-state index >= 15 is 0 Å². The van der Waals surface area contributed by atoms with Gasteiger partial charge in [0, 0.05) is 19.6 Å². The third kappa shape index (κ3) is 4.47. The van der Waals surface area contributed by atoms with Crippen molar-refractivity contribution in [1.82, 2.24) is 9.21 Å². The van der Waals surface area contributed by atoms with Crippen molar-refractivity contribution in [2.24, 2.45) is 0 Å². The second-order valence-corrected chi connectivity index (χ2v) is 9.14. The number of carbonyl (C=O) groups is 2. The summed E-state index contributed by atoms with van der Waals surface area (Å²) in [4.78, 5) is 26.6. The van der Waals surface area contributed by atoms with Gasteiger partial charge >= 0.3 is 5.97 Å².